The van der Waals surface area contributed by atoms with E-state index < -0.39 is 0 Å². The van der Waals surface area contributed by atoms with Gasteiger partial charge in [-0.3, -0.25) is 4.90 Å². The molecule has 0 bridgehead atoms. The van der Waals surface area contributed by atoms with E-state index in [2.05, 4.69) is 22.4 Å². The normalized spacial score (nSPS) is 18.2. The van der Waals surface area contributed by atoms with Gasteiger partial charge < -0.3 is 9.52 Å². The van der Waals surface area contributed by atoms with Crippen LogP contribution >= 0.6 is 11.3 Å². The third-order valence-corrected chi connectivity index (χ3v) is 5.99. The molecule has 0 unspecified atom stereocenters. The van der Waals surface area contributed by atoms with Crippen LogP contribution in [0.3, 0.4) is 0 Å². The van der Waals surface area contributed by atoms with Gasteiger partial charge in [0.1, 0.15) is 11.3 Å². The Labute approximate surface area is 150 Å². The SMILES string of the molecule is CCc1cc2c(CN3CCC[C@@H]3c3cccs3)cc(=O)oc2cc1O. The Morgan fingerprint density at radius 2 is 2.20 bits per heavy atom. The molecule has 3 heterocycles. The Kier molecular flexibility index (Phi) is 4.36. The lowest BCUT2D eigenvalue weighted by molar-refractivity contribution is 0.252. The van der Waals surface area contributed by atoms with Gasteiger partial charge >= 0.3 is 5.63 Å². The zero-order valence-corrected chi connectivity index (χ0v) is 15.0. The Morgan fingerprint density at radius 3 is 2.96 bits per heavy atom. The zero-order valence-electron chi connectivity index (χ0n) is 14.2. The Balaban J connectivity index is 1.74. The molecule has 3 aromatic rings. The topological polar surface area (TPSA) is 53.7 Å². The second-order valence-electron chi connectivity index (χ2n) is 6.57. The fourth-order valence-electron chi connectivity index (χ4n) is 3.76. The van der Waals surface area contributed by atoms with Gasteiger partial charge in [-0.2, -0.15) is 0 Å². The number of phenols is 1. The van der Waals surface area contributed by atoms with Crippen molar-refractivity contribution in [3.8, 4) is 5.75 Å². The van der Waals surface area contributed by atoms with Crippen molar-refractivity contribution in [2.75, 3.05) is 6.54 Å². The van der Waals surface area contributed by atoms with Crippen molar-refractivity contribution in [3.63, 3.8) is 0 Å². The van der Waals surface area contributed by atoms with Crippen LogP contribution in [0.4, 0.5) is 0 Å². The molecule has 1 fully saturated rings. The number of thiophene rings is 1. The van der Waals surface area contributed by atoms with Crippen LogP contribution in [0.2, 0.25) is 0 Å². The van der Waals surface area contributed by atoms with E-state index >= 15 is 0 Å². The molecule has 2 aromatic heterocycles. The van der Waals surface area contributed by atoms with Gasteiger partial charge in [0.05, 0.1) is 0 Å². The van der Waals surface area contributed by atoms with Crippen molar-refractivity contribution in [2.45, 2.75) is 38.8 Å². The third-order valence-electron chi connectivity index (χ3n) is 5.02. The minimum Gasteiger partial charge on any atom is -0.508 e. The average Bonchev–Trinajstić information content (AvgIpc) is 3.25. The number of aromatic hydroxyl groups is 1. The minimum atomic E-state index is -0.363. The standard InChI is InChI=1S/C20H21NO3S/c1-2-13-9-15-14(10-20(23)24-18(15)11-17(13)22)12-21-7-3-5-16(21)19-6-4-8-25-19/h4,6,8-11,16,22H,2-3,5,7,12H2,1H3/t16-/m1/s1. The van der Waals surface area contributed by atoms with Gasteiger partial charge in [0.25, 0.3) is 0 Å². The van der Waals surface area contributed by atoms with E-state index in [0.717, 1.165) is 42.4 Å². The molecule has 1 aliphatic rings. The van der Waals surface area contributed by atoms with E-state index in [1.54, 1.807) is 23.5 Å². The molecule has 4 rings (SSSR count). The quantitative estimate of drug-likeness (QED) is 0.702. The number of likely N-dealkylation sites (tertiary alicyclic amines) is 1. The monoisotopic (exact) mass is 355 g/mol. The second kappa shape index (κ2) is 6.65. The van der Waals surface area contributed by atoms with E-state index in [1.807, 2.05) is 13.0 Å². The predicted octanol–water partition coefficient (Wildman–Crippen LogP) is 4.46. The maximum Gasteiger partial charge on any atom is 0.336 e. The second-order valence-corrected chi connectivity index (χ2v) is 7.54. The summed E-state index contributed by atoms with van der Waals surface area (Å²) in [5, 5.41) is 13.1. The van der Waals surface area contributed by atoms with Gasteiger partial charge in [-0.15, -0.1) is 11.3 Å². The third kappa shape index (κ3) is 3.10. The highest BCUT2D eigenvalue weighted by Crippen LogP contribution is 2.36. The van der Waals surface area contributed by atoms with Gasteiger partial charge in [-0.05, 0) is 54.4 Å². The summed E-state index contributed by atoms with van der Waals surface area (Å²) < 4.78 is 5.31. The number of hydrogen-bond acceptors (Lipinski definition) is 5. The van der Waals surface area contributed by atoms with Gasteiger partial charge in [-0.1, -0.05) is 13.0 Å². The number of fused-ring (bicyclic) bond motifs is 1. The molecule has 1 aliphatic heterocycles. The van der Waals surface area contributed by atoms with Crippen LogP contribution in [0.15, 0.2) is 44.9 Å². The first kappa shape index (κ1) is 16.4. The van der Waals surface area contributed by atoms with Crippen molar-refractivity contribution < 1.29 is 9.52 Å². The molecule has 0 amide bonds. The van der Waals surface area contributed by atoms with Gasteiger partial charge in [0.2, 0.25) is 0 Å². The Morgan fingerprint density at radius 1 is 1.32 bits per heavy atom. The Bertz CT molecular complexity index is 945. The molecular formula is C20H21NO3S. The van der Waals surface area contributed by atoms with Crippen LogP contribution < -0.4 is 5.63 Å². The zero-order chi connectivity index (χ0) is 17.4. The summed E-state index contributed by atoms with van der Waals surface area (Å²) in [5.74, 6) is 0.188. The number of nitrogens with zero attached hydrogens (tertiary/aromatic N) is 1. The summed E-state index contributed by atoms with van der Waals surface area (Å²) in [6.45, 7) is 3.76. The molecule has 0 radical (unpaired) electrons. The maximum atomic E-state index is 12.0. The smallest absolute Gasteiger partial charge is 0.336 e. The molecule has 4 nitrogen and oxygen atoms in total. The van der Waals surface area contributed by atoms with Crippen LogP contribution in [0.25, 0.3) is 11.0 Å². The highest BCUT2D eigenvalue weighted by atomic mass is 32.1. The van der Waals surface area contributed by atoms with Gasteiger partial charge in [0, 0.05) is 35.0 Å². The molecule has 0 spiro atoms. The summed E-state index contributed by atoms with van der Waals surface area (Å²) in [6.07, 6.45) is 3.06. The maximum absolute atomic E-state index is 12.0. The van der Waals surface area contributed by atoms with E-state index in [4.69, 9.17) is 4.42 Å². The first-order chi connectivity index (χ1) is 12.2. The predicted molar refractivity (Wildman–Crippen MR) is 100 cm³/mol. The van der Waals surface area contributed by atoms with E-state index in [-0.39, 0.29) is 11.4 Å². The van der Waals surface area contributed by atoms with Crippen LogP contribution in [0, 0.1) is 0 Å². The highest BCUT2D eigenvalue weighted by Gasteiger charge is 2.27. The fourth-order valence-corrected chi connectivity index (χ4v) is 4.65. The molecule has 0 aliphatic carbocycles. The van der Waals surface area contributed by atoms with Crippen molar-refractivity contribution in [2.24, 2.45) is 0 Å². The van der Waals surface area contributed by atoms with Gasteiger partial charge in [-0.25, -0.2) is 4.79 Å². The van der Waals surface area contributed by atoms with E-state index in [1.165, 1.54) is 11.3 Å². The summed E-state index contributed by atoms with van der Waals surface area (Å²) in [6, 6.07) is 9.84. The summed E-state index contributed by atoms with van der Waals surface area (Å²) in [5.41, 5.74) is 1.95. The molecule has 1 saturated heterocycles. The first-order valence-electron chi connectivity index (χ1n) is 8.71. The first-order valence-corrected chi connectivity index (χ1v) is 9.59. The largest absolute Gasteiger partial charge is 0.508 e. The lowest BCUT2D eigenvalue weighted by Gasteiger charge is -2.24. The number of hydrogen-bond donors (Lipinski definition) is 1. The number of benzene rings is 1. The highest BCUT2D eigenvalue weighted by molar-refractivity contribution is 7.10. The van der Waals surface area contributed by atoms with Crippen LogP contribution in [0.1, 0.15) is 41.8 Å². The minimum absolute atomic E-state index is 0.188. The Hall–Kier alpha value is -2.11. The lowest BCUT2D eigenvalue weighted by Crippen LogP contribution is -2.23. The lowest BCUT2D eigenvalue weighted by atomic mass is 10.0. The number of phenolic OH excluding ortho intramolecular Hbond substituents is 1. The van der Waals surface area contributed by atoms with E-state index in [9.17, 15) is 9.90 Å². The average molecular weight is 355 g/mol. The molecular weight excluding hydrogens is 334 g/mol. The van der Waals surface area contributed by atoms with Crippen molar-refractivity contribution in [3.05, 3.63) is 62.1 Å². The molecule has 5 heteroatoms. The molecule has 25 heavy (non-hydrogen) atoms. The number of rotatable bonds is 4. The fraction of sp³-hybridized carbons (Fsp3) is 0.350. The van der Waals surface area contributed by atoms with Crippen molar-refractivity contribution in [1.29, 1.82) is 0 Å². The number of aryl methyl sites for hydroxylation is 1. The van der Waals surface area contributed by atoms with Crippen LogP contribution in [-0.4, -0.2) is 16.6 Å². The van der Waals surface area contributed by atoms with Gasteiger partial charge in [0.15, 0.2) is 0 Å². The molecule has 0 saturated carbocycles. The summed E-state index contributed by atoms with van der Waals surface area (Å²) >= 11 is 1.79. The summed E-state index contributed by atoms with van der Waals surface area (Å²) in [4.78, 5) is 15.8. The summed E-state index contributed by atoms with van der Waals surface area (Å²) in [7, 11) is 0. The molecule has 1 aromatic carbocycles. The molecule has 1 atom stereocenters. The van der Waals surface area contributed by atoms with E-state index in [0.29, 0.717) is 11.6 Å². The van der Waals surface area contributed by atoms with Crippen LogP contribution in [-0.2, 0) is 13.0 Å². The molecule has 130 valence electrons. The van der Waals surface area contributed by atoms with Crippen molar-refractivity contribution in [1.82, 2.24) is 4.90 Å². The van der Waals surface area contributed by atoms with Crippen molar-refractivity contribution >= 4 is 22.3 Å². The molecule has 1 N–H and O–H groups in total. The van der Waals surface area contributed by atoms with Crippen LogP contribution in [0.5, 0.6) is 5.75 Å².